The molecule has 2 heterocycles. The first-order valence-corrected chi connectivity index (χ1v) is 7.20. The SMILES string of the molecule is N[C@@H]1CCN(C(=O)CCN2C(=O)COc3ccccc32)C1. The summed E-state index contributed by atoms with van der Waals surface area (Å²) >= 11 is 0. The minimum absolute atomic E-state index is 0.0276. The first-order chi connectivity index (χ1) is 10.1. The Morgan fingerprint density at radius 3 is 2.95 bits per heavy atom. The van der Waals surface area contributed by atoms with Crippen molar-refractivity contribution < 1.29 is 14.3 Å². The Labute approximate surface area is 123 Å². The molecule has 21 heavy (non-hydrogen) atoms. The third kappa shape index (κ3) is 2.85. The molecule has 0 unspecified atom stereocenters. The largest absolute Gasteiger partial charge is 0.482 e. The number of anilines is 1. The van der Waals surface area contributed by atoms with Crippen LogP contribution in [0.2, 0.25) is 0 Å². The third-order valence-electron chi connectivity index (χ3n) is 3.93. The van der Waals surface area contributed by atoms with Crippen molar-refractivity contribution in [2.75, 3.05) is 31.1 Å². The van der Waals surface area contributed by atoms with Crippen LogP contribution >= 0.6 is 0 Å². The summed E-state index contributed by atoms with van der Waals surface area (Å²) in [4.78, 5) is 27.6. The van der Waals surface area contributed by atoms with E-state index in [4.69, 9.17) is 10.5 Å². The van der Waals surface area contributed by atoms with Gasteiger partial charge in [-0.3, -0.25) is 9.59 Å². The minimum Gasteiger partial charge on any atom is -0.482 e. The number of para-hydroxylation sites is 2. The maximum atomic E-state index is 12.2. The monoisotopic (exact) mass is 289 g/mol. The van der Waals surface area contributed by atoms with Crippen LogP contribution in [0, 0.1) is 0 Å². The van der Waals surface area contributed by atoms with Gasteiger partial charge in [-0.2, -0.15) is 0 Å². The predicted octanol–water partition coefficient (Wildman–Crippen LogP) is 0.362. The van der Waals surface area contributed by atoms with Gasteiger partial charge in [0.15, 0.2) is 6.61 Å². The molecule has 6 nitrogen and oxygen atoms in total. The fraction of sp³-hybridized carbons (Fsp3) is 0.467. The summed E-state index contributed by atoms with van der Waals surface area (Å²) < 4.78 is 5.38. The molecule has 1 atom stereocenters. The van der Waals surface area contributed by atoms with E-state index < -0.39 is 0 Å². The number of likely N-dealkylation sites (tertiary alicyclic amines) is 1. The smallest absolute Gasteiger partial charge is 0.265 e. The van der Waals surface area contributed by atoms with Crippen molar-refractivity contribution in [1.82, 2.24) is 4.90 Å². The summed E-state index contributed by atoms with van der Waals surface area (Å²) in [6.45, 7) is 1.74. The standard InChI is InChI=1S/C15H19N3O3/c16-11-5-7-17(9-11)14(19)6-8-18-12-3-1-2-4-13(12)21-10-15(18)20/h1-4,11H,5-10,16H2/t11-/m1/s1. The molecular weight excluding hydrogens is 270 g/mol. The van der Waals surface area contributed by atoms with Gasteiger partial charge in [0.05, 0.1) is 5.69 Å². The number of amides is 2. The molecular formula is C15H19N3O3. The molecule has 112 valence electrons. The Morgan fingerprint density at radius 2 is 2.19 bits per heavy atom. The Hall–Kier alpha value is -2.08. The number of ether oxygens (including phenoxy) is 1. The van der Waals surface area contributed by atoms with Crippen LogP contribution in [0.1, 0.15) is 12.8 Å². The number of carbonyl (C=O) groups excluding carboxylic acids is 2. The van der Waals surface area contributed by atoms with Crippen molar-refractivity contribution in [3.63, 3.8) is 0 Å². The van der Waals surface area contributed by atoms with Gasteiger partial charge in [-0.1, -0.05) is 12.1 Å². The summed E-state index contributed by atoms with van der Waals surface area (Å²) in [7, 11) is 0. The highest BCUT2D eigenvalue weighted by Crippen LogP contribution is 2.31. The fourth-order valence-corrected chi connectivity index (χ4v) is 2.78. The Kier molecular flexibility index (Phi) is 3.79. The van der Waals surface area contributed by atoms with Crippen molar-refractivity contribution in [3.05, 3.63) is 24.3 Å². The number of fused-ring (bicyclic) bond motifs is 1. The van der Waals surface area contributed by atoms with Crippen LogP contribution in [0.3, 0.4) is 0 Å². The molecule has 1 saturated heterocycles. The summed E-state index contributed by atoms with van der Waals surface area (Å²) in [6, 6.07) is 7.47. The lowest BCUT2D eigenvalue weighted by atomic mass is 10.2. The molecule has 2 aliphatic heterocycles. The Morgan fingerprint density at radius 1 is 1.38 bits per heavy atom. The number of nitrogens with zero attached hydrogens (tertiary/aromatic N) is 2. The van der Waals surface area contributed by atoms with E-state index in [0.29, 0.717) is 31.8 Å². The van der Waals surface area contributed by atoms with E-state index in [1.807, 2.05) is 24.3 Å². The molecule has 0 aromatic heterocycles. The first kappa shape index (κ1) is 13.9. The maximum absolute atomic E-state index is 12.2. The van der Waals surface area contributed by atoms with Gasteiger partial charge in [0, 0.05) is 32.1 Å². The van der Waals surface area contributed by atoms with Crippen LogP contribution in [0.15, 0.2) is 24.3 Å². The first-order valence-electron chi connectivity index (χ1n) is 7.20. The van der Waals surface area contributed by atoms with Crippen LogP contribution in [0.25, 0.3) is 0 Å². The van der Waals surface area contributed by atoms with E-state index in [1.54, 1.807) is 9.80 Å². The van der Waals surface area contributed by atoms with E-state index in [2.05, 4.69) is 0 Å². The number of benzene rings is 1. The number of carbonyl (C=O) groups is 2. The van der Waals surface area contributed by atoms with Gasteiger partial charge in [0.2, 0.25) is 5.91 Å². The van der Waals surface area contributed by atoms with Crippen LogP contribution < -0.4 is 15.4 Å². The molecule has 6 heteroatoms. The number of hydrogen-bond acceptors (Lipinski definition) is 4. The van der Waals surface area contributed by atoms with Gasteiger partial charge in [0.1, 0.15) is 5.75 Å². The van der Waals surface area contributed by atoms with Crippen LogP contribution in [-0.2, 0) is 9.59 Å². The van der Waals surface area contributed by atoms with E-state index >= 15 is 0 Å². The zero-order valence-corrected chi connectivity index (χ0v) is 11.8. The lowest BCUT2D eigenvalue weighted by molar-refractivity contribution is -0.130. The number of rotatable bonds is 3. The maximum Gasteiger partial charge on any atom is 0.265 e. The average Bonchev–Trinajstić information content (AvgIpc) is 2.92. The number of hydrogen-bond donors (Lipinski definition) is 1. The highest BCUT2D eigenvalue weighted by Gasteiger charge is 2.28. The van der Waals surface area contributed by atoms with Gasteiger partial charge in [-0.25, -0.2) is 0 Å². The average molecular weight is 289 g/mol. The summed E-state index contributed by atoms with van der Waals surface area (Å²) in [6.07, 6.45) is 1.16. The summed E-state index contributed by atoms with van der Waals surface area (Å²) in [5.74, 6) is 0.632. The van der Waals surface area contributed by atoms with Crippen molar-refractivity contribution >= 4 is 17.5 Å². The van der Waals surface area contributed by atoms with Crippen LogP contribution in [0.4, 0.5) is 5.69 Å². The molecule has 1 aromatic carbocycles. The van der Waals surface area contributed by atoms with Gasteiger partial charge >= 0.3 is 0 Å². The molecule has 1 fully saturated rings. The second-order valence-corrected chi connectivity index (χ2v) is 5.44. The van der Waals surface area contributed by atoms with E-state index in [9.17, 15) is 9.59 Å². The lowest BCUT2D eigenvalue weighted by Crippen LogP contribution is -2.41. The van der Waals surface area contributed by atoms with E-state index in [0.717, 1.165) is 12.1 Å². The van der Waals surface area contributed by atoms with Crippen molar-refractivity contribution in [1.29, 1.82) is 0 Å². The molecule has 0 spiro atoms. The molecule has 0 aliphatic carbocycles. The highest BCUT2D eigenvalue weighted by atomic mass is 16.5. The molecule has 0 saturated carbocycles. The molecule has 1 aromatic rings. The zero-order valence-electron chi connectivity index (χ0n) is 11.8. The lowest BCUT2D eigenvalue weighted by Gasteiger charge is -2.29. The van der Waals surface area contributed by atoms with E-state index in [1.165, 1.54) is 0 Å². The zero-order chi connectivity index (χ0) is 14.8. The van der Waals surface area contributed by atoms with E-state index in [-0.39, 0.29) is 24.5 Å². The van der Waals surface area contributed by atoms with Crippen molar-refractivity contribution in [2.24, 2.45) is 5.73 Å². The molecule has 2 N–H and O–H groups in total. The second kappa shape index (κ2) is 5.73. The summed E-state index contributed by atoms with van der Waals surface area (Å²) in [5, 5.41) is 0. The van der Waals surface area contributed by atoms with Gasteiger partial charge in [0.25, 0.3) is 5.91 Å². The normalized spacial score (nSPS) is 21.2. The van der Waals surface area contributed by atoms with Crippen LogP contribution in [-0.4, -0.2) is 49.0 Å². The number of nitrogens with two attached hydrogens (primary N) is 1. The fourth-order valence-electron chi connectivity index (χ4n) is 2.78. The summed E-state index contributed by atoms with van der Waals surface area (Å²) in [5.41, 5.74) is 6.55. The Bertz CT molecular complexity index is 561. The van der Waals surface area contributed by atoms with Crippen LogP contribution in [0.5, 0.6) is 5.75 Å². The van der Waals surface area contributed by atoms with Gasteiger partial charge < -0.3 is 20.3 Å². The molecule has 0 bridgehead atoms. The molecule has 0 radical (unpaired) electrons. The molecule has 2 amide bonds. The predicted molar refractivity (Wildman–Crippen MR) is 78.1 cm³/mol. The second-order valence-electron chi connectivity index (χ2n) is 5.44. The van der Waals surface area contributed by atoms with Gasteiger partial charge in [-0.05, 0) is 18.6 Å². The molecule has 3 rings (SSSR count). The van der Waals surface area contributed by atoms with Crippen molar-refractivity contribution in [3.8, 4) is 5.75 Å². The van der Waals surface area contributed by atoms with Gasteiger partial charge in [-0.15, -0.1) is 0 Å². The quantitative estimate of drug-likeness (QED) is 0.872. The Balaban J connectivity index is 1.65. The molecule has 2 aliphatic rings. The third-order valence-corrected chi connectivity index (χ3v) is 3.93. The topological polar surface area (TPSA) is 75.9 Å². The minimum atomic E-state index is -0.111. The highest BCUT2D eigenvalue weighted by molar-refractivity contribution is 5.98. The van der Waals surface area contributed by atoms with Crippen molar-refractivity contribution in [2.45, 2.75) is 18.9 Å².